The number of rotatable bonds is 7. The third-order valence-electron chi connectivity index (χ3n) is 3.05. The smallest absolute Gasteiger partial charge is 0.255 e. The first-order valence-electron chi connectivity index (χ1n) is 7.15. The van der Waals surface area contributed by atoms with Crippen LogP contribution in [0.15, 0.2) is 30.7 Å². The van der Waals surface area contributed by atoms with Gasteiger partial charge in [0.1, 0.15) is 5.82 Å². The lowest BCUT2D eigenvalue weighted by Crippen LogP contribution is -2.26. The summed E-state index contributed by atoms with van der Waals surface area (Å²) in [5.74, 6) is 0.531. The monoisotopic (exact) mass is 287 g/mol. The Morgan fingerprint density at radius 3 is 2.95 bits per heavy atom. The molecule has 2 aromatic rings. The zero-order valence-electron chi connectivity index (χ0n) is 12.5. The molecule has 2 N–H and O–H groups in total. The van der Waals surface area contributed by atoms with Crippen molar-refractivity contribution in [1.82, 2.24) is 20.1 Å². The normalized spacial score (nSPS) is 10.4. The summed E-state index contributed by atoms with van der Waals surface area (Å²) in [6.07, 6.45) is 7.19. The average molecular weight is 287 g/mol. The summed E-state index contributed by atoms with van der Waals surface area (Å²) in [6.45, 7) is 3.45. The first-order valence-corrected chi connectivity index (χ1v) is 7.15. The highest BCUT2D eigenvalue weighted by Gasteiger charge is 2.11. The van der Waals surface area contributed by atoms with Crippen LogP contribution in [0.1, 0.15) is 29.3 Å². The lowest BCUT2D eigenvalue weighted by atomic mass is 10.2. The van der Waals surface area contributed by atoms with E-state index in [-0.39, 0.29) is 5.91 Å². The van der Waals surface area contributed by atoms with E-state index < -0.39 is 0 Å². The molecule has 6 heteroatoms. The molecular formula is C15H21N5O. The molecule has 2 aromatic heterocycles. The van der Waals surface area contributed by atoms with Crippen molar-refractivity contribution in [2.24, 2.45) is 7.05 Å². The van der Waals surface area contributed by atoms with Crippen LogP contribution < -0.4 is 10.6 Å². The molecule has 0 spiro atoms. The van der Waals surface area contributed by atoms with Crippen LogP contribution in [0.4, 0.5) is 5.82 Å². The molecule has 0 atom stereocenters. The van der Waals surface area contributed by atoms with Crippen LogP contribution in [0.3, 0.4) is 0 Å². The van der Waals surface area contributed by atoms with Gasteiger partial charge in [-0.2, -0.15) is 5.10 Å². The van der Waals surface area contributed by atoms with Gasteiger partial charge in [-0.05, 0) is 30.5 Å². The van der Waals surface area contributed by atoms with E-state index in [1.807, 2.05) is 19.4 Å². The van der Waals surface area contributed by atoms with Crippen LogP contribution in [0, 0.1) is 0 Å². The van der Waals surface area contributed by atoms with Gasteiger partial charge >= 0.3 is 0 Å². The lowest BCUT2D eigenvalue weighted by molar-refractivity contribution is 0.0954. The maximum Gasteiger partial charge on any atom is 0.255 e. The van der Waals surface area contributed by atoms with Crippen molar-refractivity contribution >= 4 is 11.7 Å². The third-order valence-corrected chi connectivity index (χ3v) is 3.05. The van der Waals surface area contributed by atoms with Crippen LogP contribution in [0.5, 0.6) is 0 Å². The maximum atomic E-state index is 12.2. The zero-order chi connectivity index (χ0) is 15.1. The third kappa shape index (κ3) is 4.30. The number of carbonyl (C=O) groups is 1. The molecule has 1 amide bonds. The van der Waals surface area contributed by atoms with Gasteiger partial charge < -0.3 is 10.6 Å². The number of amides is 1. The Hall–Kier alpha value is -2.37. The van der Waals surface area contributed by atoms with E-state index in [4.69, 9.17) is 0 Å². The van der Waals surface area contributed by atoms with Crippen molar-refractivity contribution in [3.63, 3.8) is 0 Å². The first-order chi connectivity index (χ1) is 10.2. The summed E-state index contributed by atoms with van der Waals surface area (Å²) in [4.78, 5) is 16.4. The minimum Gasteiger partial charge on any atom is -0.369 e. The van der Waals surface area contributed by atoms with Gasteiger partial charge in [-0.1, -0.05) is 6.92 Å². The molecule has 0 radical (unpaired) electrons. The van der Waals surface area contributed by atoms with Crippen molar-refractivity contribution in [3.8, 4) is 0 Å². The molecular weight excluding hydrogens is 266 g/mol. The fourth-order valence-corrected chi connectivity index (χ4v) is 1.99. The number of carbonyl (C=O) groups excluding carboxylic acids is 1. The highest BCUT2D eigenvalue weighted by Crippen LogP contribution is 2.11. The molecule has 0 bridgehead atoms. The Balaban J connectivity index is 1.90. The molecule has 0 saturated heterocycles. The van der Waals surface area contributed by atoms with Gasteiger partial charge in [0.15, 0.2) is 0 Å². The molecule has 2 heterocycles. The Morgan fingerprint density at radius 2 is 2.24 bits per heavy atom. The highest BCUT2D eigenvalue weighted by molar-refractivity contribution is 5.98. The second kappa shape index (κ2) is 7.42. The summed E-state index contributed by atoms with van der Waals surface area (Å²) >= 11 is 0. The molecule has 0 aliphatic heterocycles. The second-order valence-electron chi connectivity index (χ2n) is 4.85. The van der Waals surface area contributed by atoms with Gasteiger partial charge in [-0.25, -0.2) is 4.98 Å². The van der Waals surface area contributed by atoms with Crippen LogP contribution in [-0.2, 0) is 13.5 Å². The SMILES string of the molecule is CCCNc1ncccc1C(=O)NCCc1cnn(C)c1. The fraction of sp³-hybridized carbons (Fsp3) is 0.400. The van der Waals surface area contributed by atoms with Crippen LogP contribution in [0.2, 0.25) is 0 Å². The number of pyridine rings is 1. The predicted octanol–water partition coefficient (Wildman–Crippen LogP) is 1.61. The Kier molecular flexibility index (Phi) is 5.31. The summed E-state index contributed by atoms with van der Waals surface area (Å²) in [6, 6.07) is 3.55. The average Bonchev–Trinajstić information content (AvgIpc) is 2.91. The van der Waals surface area contributed by atoms with Gasteiger partial charge in [0, 0.05) is 32.5 Å². The molecule has 0 fully saturated rings. The van der Waals surface area contributed by atoms with E-state index in [1.54, 1.807) is 23.0 Å². The van der Waals surface area contributed by atoms with E-state index in [9.17, 15) is 4.79 Å². The molecule has 2 rings (SSSR count). The summed E-state index contributed by atoms with van der Waals surface area (Å²) < 4.78 is 1.76. The molecule has 0 aliphatic carbocycles. The molecule has 0 aromatic carbocycles. The van der Waals surface area contributed by atoms with Gasteiger partial charge in [-0.3, -0.25) is 9.48 Å². The van der Waals surface area contributed by atoms with E-state index in [2.05, 4.69) is 27.6 Å². The largest absolute Gasteiger partial charge is 0.369 e. The quantitative estimate of drug-likeness (QED) is 0.811. The topological polar surface area (TPSA) is 71.8 Å². The summed E-state index contributed by atoms with van der Waals surface area (Å²) in [7, 11) is 1.88. The number of anilines is 1. The number of aromatic nitrogens is 3. The van der Waals surface area contributed by atoms with E-state index in [0.29, 0.717) is 17.9 Å². The van der Waals surface area contributed by atoms with Crippen molar-refractivity contribution in [2.75, 3.05) is 18.4 Å². The van der Waals surface area contributed by atoms with Crippen molar-refractivity contribution in [2.45, 2.75) is 19.8 Å². The van der Waals surface area contributed by atoms with Crippen LogP contribution in [-0.4, -0.2) is 33.8 Å². The van der Waals surface area contributed by atoms with Crippen molar-refractivity contribution in [3.05, 3.63) is 41.9 Å². The van der Waals surface area contributed by atoms with E-state index in [1.165, 1.54) is 0 Å². The predicted molar refractivity (Wildman–Crippen MR) is 82.3 cm³/mol. The van der Waals surface area contributed by atoms with Gasteiger partial charge in [0.05, 0.1) is 11.8 Å². The maximum absolute atomic E-state index is 12.2. The minimum absolute atomic E-state index is 0.106. The Labute approximate surface area is 124 Å². The lowest BCUT2D eigenvalue weighted by Gasteiger charge is -2.10. The van der Waals surface area contributed by atoms with Crippen LogP contribution >= 0.6 is 0 Å². The molecule has 0 aliphatic rings. The van der Waals surface area contributed by atoms with Gasteiger partial charge in [0.25, 0.3) is 5.91 Å². The molecule has 0 unspecified atom stereocenters. The van der Waals surface area contributed by atoms with Gasteiger partial charge in [-0.15, -0.1) is 0 Å². The molecule has 21 heavy (non-hydrogen) atoms. The number of hydrogen-bond donors (Lipinski definition) is 2. The van der Waals surface area contributed by atoms with Crippen LogP contribution in [0.25, 0.3) is 0 Å². The summed E-state index contributed by atoms with van der Waals surface area (Å²) in [5, 5.41) is 10.2. The first kappa shape index (κ1) is 15.0. The molecule has 0 saturated carbocycles. The highest BCUT2D eigenvalue weighted by atomic mass is 16.1. The number of aryl methyl sites for hydroxylation is 1. The van der Waals surface area contributed by atoms with E-state index in [0.717, 1.165) is 24.9 Å². The molecule has 112 valence electrons. The molecule has 6 nitrogen and oxygen atoms in total. The van der Waals surface area contributed by atoms with Crippen molar-refractivity contribution < 1.29 is 4.79 Å². The summed E-state index contributed by atoms with van der Waals surface area (Å²) in [5.41, 5.74) is 1.69. The standard InChI is InChI=1S/C15H21N5O/c1-3-7-16-14-13(5-4-8-17-14)15(21)18-9-6-12-10-19-20(2)11-12/h4-5,8,10-11H,3,6-7,9H2,1-2H3,(H,16,17)(H,18,21). The van der Waals surface area contributed by atoms with Crippen molar-refractivity contribution in [1.29, 1.82) is 0 Å². The number of nitrogens with one attached hydrogen (secondary N) is 2. The number of hydrogen-bond acceptors (Lipinski definition) is 4. The fourth-order valence-electron chi connectivity index (χ4n) is 1.99. The van der Waals surface area contributed by atoms with Gasteiger partial charge in [0.2, 0.25) is 0 Å². The second-order valence-corrected chi connectivity index (χ2v) is 4.85. The van der Waals surface area contributed by atoms with E-state index >= 15 is 0 Å². The number of nitrogens with zero attached hydrogens (tertiary/aromatic N) is 3. The minimum atomic E-state index is -0.106. The Morgan fingerprint density at radius 1 is 1.38 bits per heavy atom. The Bertz CT molecular complexity index is 593. The zero-order valence-corrected chi connectivity index (χ0v) is 12.5.